The first-order valence-corrected chi connectivity index (χ1v) is 7.70. The van der Waals surface area contributed by atoms with Gasteiger partial charge in [0.05, 0.1) is 5.69 Å². The smallest absolute Gasteiger partial charge is 0.344 e. The van der Waals surface area contributed by atoms with E-state index in [0.717, 1.165) is 5.56 Å². The van der Waals surface area contributed by atoms with Gasteiger partial charge in [0.1, 0.15) is 17.9 Å². The molecule has 0 saturated carbocycles. The van der Waals surface area contributed by atoms with Crippen molar-refractivity contribution in [2.75, 3.05) is 0 Å². The summed E-state index contributed by atoms with van der Waals surface area (Å²) in [5.74, 6) is 0.135. The fourth-order valence-corrected chi connectivity index (χ4v) is 2.57. The van der Waals surface area contributed by atoms with Crippen LogP contribution in [0.25, 0.3) is 17.0 Å². The first-order valence-electron chi connectivity index (χ1n) is 7.70. The van der Waals surface area contributed by atoms with Crippen LogP contribution in [0.2, 0.25) is 0 Å². The maximum Gasteiger partial charge on any atom is 0.344 e. The van der Waals surface area contributed by atoms with Crippen molar-refractivity contribution in [3.05, 3.63) is 71.8 Å². The lowest BCUT2D eigenvalue weighted by Gasteiger charge is -2.01. The summed E-state index contributed by atoms with van der Waals surface area (Å²) in [6.07, 6.45) is 3.34. The van der Waals surface area contributed by atoms with Crippen molar-refractivity contribution >= 4 is 11.6 Å². The van der Waals surface area contributed by atoms with E-state index in [-0.39, 0.29) is 6.61 Å². The Hall–Kier alpha value is -3.48. The van der Waals surface area contributed by atoms with Crippen molar-refractivity contribution in [1.29, 1.82) is 0 Å². The summed E-state index contributed by atoms with van der Waals surface area (Å²) in [4.78, 5) is 16.6. The molecule has 0 unspecified atom stereocenters. The maximum absolute atomic E-state index is 12.4. The lowest BCUT2D eigenvalue weighted by Crippen LogP contribution is -2.07. The Morgan fingerprint density at radius 2 is 2.08 bits per heavy atom. The largest absolute Gasteiger partial charge is 0.455 e. The van der Waals surface area contributed by atoms with Crippen molar-refractivity contribution in [3.63, 3.8) is 0 Å². The fraction of sp³-hybridized carbons (Fsp3) is 0.111. The molecule has 7 heteroatoms. The minimum absolute atomic E-state index is 0.0127. The molecule has 7 nitrogen and oxygen atoms in total. The second kappa shape index (κ2) is 6.20. The van der Waals surface area contributed by atoms with E-state index < -0.39 is 5.97 Å². The summed E-state index contributed by atoms with van der Waals surface area (Å²) in [6.45, 7) is 1.76. The molecule has 4 rings (SSSR count). The number of fused-ring (bicyclic) bond motifs is 1. The summed E-state index contributed by atoms with van der Waals surface area (Å²) < 4.78 is 12.2. The van der Waals surface area contributed by atoms with Crippen LogP contribution in [0.4, 0.5) is 0 Å². The van der Waals surface area contributed by atoms with Crippen LogP contribution in [0.3, 0.4) is 0 Å². The first-order chi connectivity index (χ1) is 12.2. The molecule has 0 aliphatic heterocycles. The van der Waals surface area contributed by atoms with Gasteiger partial charge in [-0.05, 0) is 13.0 Å². The number of carbonyl (C=O) groups excluding carboxylic acids is 1. The van der Waals surface area contributed by atoms with E-state index in [1.807, 2.05) is 30.3 Å². The van der Waals surface area contributed by atoms with Crippen LogP contribution in [0.5, 0.6) is 0 Å². The van der Waals surface area contributed by atoms with Crippen LogP contribution < -0.4 is 0 Å². The topological polar surface area (TPSA) is 82.5 Å². The van der Waals surface area contributed by atoms with E-state index in [9.17, 15) is 4.79 Å². The third-order valence-electron chi connectivity index (χ3n) is 3.74. The monoisotopic (exact) mass is 334 g/mol. The number of nitrogens with zero attached hydrogens (tertiary/aromatic N) is 4. The highest BCUT2D eigenvalue weighted by molar-refractivity contribution is 5.97. The van der Waals surface area contributed by atoms with Crippen LogP contribution in [0, 0.1) is 6.92 Å². The van der Waals surface area contributed by atoms with Gasteiger partial charge in [-0.1, -0.05) is 35.5 Å². The molecule has 25 heavy (non-hydrogen) atoms. The van der Waals surface area contributed by atoms with Gasteiger partial charge in [-0.3, -0.25) is 0 Å². The van der Waals surface area contributed by atoms with E-state index in [4.69, 9.17) is 9.26 Å². The zero-order valence-corrected chi connectivity index (χ0v) is 13.4. The highest BCUT2D eigenvalue weighted by Gasteiger charge is 2.20. The highest BCUT2D eigenvalue weighted by Crippen LogP contribution is 2.21. The number of rotatable bonds is 4. The molecule has 0 bridgehead atoms. The van der Waals surface area contributed by atoms with Crippen molar-refractivity contribution in [2.45, 2.75) is 13.5 Å². The average Bonchev–Trinajstić information content (AvgIpc) is 3.24. The Labute approximate surface area is 142 Å². The molecule has 0 aliphatic rings. The van der Waals surface area contributed by atoms with E-state index in [0.29, 0.717) is 28.4 Å². The molecule has 0 saturated heterocycles. The number of ether oxygens (including phenoxy) is 1. The van der Waals surface area contributed by atoms with E-state index in [1.165, 1.54) is 0 Å². The molecular weight excluding hydrogens is 320 g/mol. The molecule has 124 valence electrons. The van der Waals surface area contributed by atoms with Crippen LogP contribution in [0.1, 0.15) is 21.7 Å². The minimum atomic E-state index is -0.490. The molecule has 0 N–H and O–H groups in total. The van der Waals surface area contributed by atoms with Gasteiger partial charge in [0.2, 0.25) is 0 Å². The molecular formula is C18H14N4O3. The number of esters is 1. The van der Waals surface area contributed by atoms with Gasteiger partial charge in [-0.25, -0.2) is 14.3 Å². The summed E-state index contributed by atoms with van der Waals surface area (Å²) >= 11 is 0. The van der Waals surface area contributed by atoms with Gasteiger partial charge < -0.3 is 9.26 Å². The summed E-state index contributed by atoms with van der Waals surface area (Å²) in [5, 5.41) is 8.19. The predicted molar refractivity (Wildman–Crippen MR) is 88.8 cm³/mol. The van der Waals surface area contributed by atoms with Crippen LogP contribution in [0.15, 0.2) is 59.4 Å². The molecule has 0 spiro atoms. The molecule has 3 aromatic heterocycles. The third-order valence-corrected chi connectivity index (χ3v) is 3.74. The Kier molecular flexibility index (Phi) is 3.74. The van der Waals surface area contributed by atoms with Crippen molar-refractivity contribution < 1.29 is 14.1 Å². The van der Waals surface area contributed by atoms with Crippen molar-refractivity contribution in [2.24, 2.45) is 0 Å². The van der Waals surface area contributed by atoms with Gasteiger partial charge in [-0.15, -0.1) is 0 Å². The van der Waals surface area contributed by atoms with E-state index in [1.54, 1.807) is 36.0 Å². The van der Waals surface area contributed by atoms with Gasteiger partial charge in [-0.2, -0.15) is 5.10 Å². The number of aryl methyl sites for hydroxylation is 1. The van der Waals surface area contributed by atoms with Gasteiger partial charge in [0.15, 0.2) is 11.4 Å². The highest BCUT2D eigenvalue weighted by atomic mass is 16.5. The van der Waals surface area contributed by atoms with E-state index in [2.05, 4.69) is 15.2 Å². The Morgan fingerprint density at radius 1 is 1.24 bits per heavy atom. The zero-order chi connectivity index (χ0) is 17.2. The number of benzene rings is 1. The second-order valence-electron chi connectivity index (χ2n) is 5.47. The molecule has 4 aromatic rings. The van der Waals surface area contributed by atoms with Crippen LogP contribution in [-0.4, -0.2) is 25.7 Å². The Morgan fingerprint density at radius 3 is 2.92 bits per heavy atom. The van der Waals surface area contributed by atoms with Crippen molar-refractivity contribution in [1.82, 2.24) is 19.8 Å². The number of carbonyl (C=O) groups is 1. The molecule has 0 radical (unpaired) electrons. The molecule has 1 aromatic carbocycles. The number of hydrogen-bond acceptors (Lipinski definition) is 6. The Balaban J connectivity index is 1.51. The summed E-state index contributed by atoms with van der Waals surface area (Å²) in [7, 11) is 0. The minimum Gasteiger partial charge on any atom is -0.455 e. The zero-order valence-electron chi connectivity index (χ0n) is 13.4. The van der Waals surface area contributed by atoms with Crippen LogP contribution >= 0.6 is 0 Å². The third kappa shape index (κ3) is 2.87. The molecule has 3 heterocycles. The van der Waals surface area contributed by atoms with Gasteiger partial charge >= 0.3 is 5.97 Å². The summed E-state index contributed by atoms with van der Waals surface area (Å²) in [6, 6.07) is 13.1. The molecule has 0 amide bonds. The SMILES string of the molecule is Cc1nn2cccnc2c1C(=O)OCc1cc(-c2ccccc2)on1. The second-order valence-corrected chi connectivity index (χ2v) is 5.47. The van der Waals surface area contributed by atoms with E-state index >= 15 is 0 Å². The molecule has 0 fully saturated rings. The lowest BCUT2D eigenvalue weighted by atomic mass is 10.2. The van der Waals surface area contributed by atoms with Gasteiger partial charge in [0, 0.05) is 24.0 Å². The first kappa shape index (κ1) is 15.1. The Bertz CT molecular complexity index is 1040. The molecule has 0 atom stereocenters. The van der Waals surface area contributed by atoms with Crippen molar-refractivity contribution in [3.8, 4) is 11.3 Å². The number of aromatic nitrogens is 4. The predicted octanol–water partition coefficient (Wildman–Crippen LogP) is 3.05. The van der Waals surface area contributed by atoms with Crippen LogP contribution in [-0.2, 0) is 11.3 Å². The molecule has 0 aliphatic carbocycles. The lowest BCUT2D eigenvalue weighted by molar-refractivity contribution is 0.0465. The number of hydrogen-bond donors (Lipinski definition) is 0. The van der Waals surface area contributed by atoms with Gasteiger partial charge in [0.25, 0.3) is 0 Å². The summed E-state index contributed by atoms with van der Waals surface area (Å²) in [5.41, 5.74) is 2.83. The standard InChI is InChI=1S/C18H14N4O3/c1-12-16(17-19-8-5-9-22(17)20-12)18(23)24-11-14-10-15(25-21-14)13-6-3-2-4-7-13/h2-10H,11H2,1H3. The fourth-order valence-electron chi connectivity index (χ4n) is 2.57. The average molecular weight is 334 g/mol. The maximum atomic E-state index is 12.4. The quantitative estimate of drug-likeness (QED) is 0.534. The normalized spacial score (nSPS) is 10.9.